The second-order valence-corrected chi connectivity index (χ2v) is 8.38. The minimum Gasteiger partial charge on any atom is -0.378 e. The van der Waals surface area contributed by atoms with Crippen molar-refractivity contribution in [2.24, 2.45) is 11.8 Å². The Hall–Kier alpha value is -0.140. The molecule has 114 valence electrons. The van der Waals surface area contributed by atoms with Gasteiger partial charge >= 0.3 is 0 Å². The largest absolute Gasteiger partial charge is 0.378 e. The molecule has 0 amide bonds. The number of nitrogens with zero attached hydrogens (tertiary/aromatic N) is 3. The van der Waals surface area contributed by atoms with Gasteiger partial charge < -0.3 is 4.74 Å². The van der Waals surface area contributed by atoms with Crippen LogP contribution in [0.25, 0.3) is 0 Å². The molecule has 1 aromatic rings. The quantitative estimate of drug-likeness (QED) is 0.733. The molecule has 0 N–H and O–H groups in total. The molecule has 5 rings (SSSR count). The number of likely N-dealkylation sites (tertiary alicyclic amines) is 1. The van der Waals surface area contributed by atoms with E-state index in [4.69, 9.17) is 9.84 Å². The first-order chi connectivity index (χ1) is 10.3. The van der Waals surface area contributed by atoms with Crippen LogP contribution < -0.4 is 0 Å². The maximum atomic E-state index is 5.34. The molecule has 3 atom stereocenters. The Morgan fingerprint density at radius 2 is 1.81 bits per heavy atom. The van der Waals surface area contributed by atoms with Crippen molar-refractivity contribution in [3.8, 4) is 0 Å². The van der Waals surface area contributed by atoms with Gasteiger partial charge in [-0.25, -0.2) is 0 Å². The standard InChI is InChI=1S/C16H22IN3O/c17-15-5-14(20(18-15)10-3-1-2-4-10)16-12-6-19(7-13(12)16)11-8-21-9-11/h5,10-13,16H,1-4,6-9H2/t12-,13+,16?. The van der Waals surface area contributed by atoms with Gasteiger partial charge in [0.05, 0.1) is 25.3 Å². The summed E-state index contributed by atoms with van der Waals surface area (Å²) in [5.74, 6) is 2.57. The minimum absolute atomic E-state index is 0.681. The van der Waals surface area contributed by atoms with Crippen molar-refractivity contribution in [1.29, 1.82) is 0 Å². The van der Waals surface area contributed by atoms with Crippen molar-refractivity contribution in [2.75, 3.05) is 26.3 Å². The van der Waals surface area contributed by atoms with Crippen LogP contribution in [0.15, 0.2) is 6.07 Å². The lowest BCUT2D eigenvalue weighted by Crippen LogP contribution is -2.48. The SMILES string of the molecule is Ic1cc(C2[C@H]3CN(C4COC4)C[C@@H]23)n(C2CCCC2)n1. The number of hydrogen-bond acceptors (Lipinski definition) is 3. The number of rotatable bonds is 3. The Bertz CT molecular complexity index is 538. The first-order valence-corrected chi connectivity index (χ1v) is 9.46. The Morgan fingerprint density at radius 1 is 1.10 bits per heavy atom. The number of ether oxygens (including phenoxy) is 1. The second kappa shape index (κ2) is 4.93. The monoisotopic (exact) mass is 399 g/mol. The third-order valence-corrected chi connectivity index (χ3v) is 6.63. The molecule has 0 radical (unpaired) electrons. The van der Waals surface area contributed by atoms with E-state index in [0.29, 0.717) is 6.04 Å². The predicted molar refractivity (Wildman–Crippen MR) is 88.4 cm³/mol. The summed E-state index contributed by atoms with van der Waals surface area (Å²) in [7, 11) is 0. The molecule has 3 heterocycles. The van der Waals surface area contributed by atoms with E-state index in [9.17, 15) is 0 Å². The first kappa shape index (κ1) is 13.3. The second-order valence-electron chi connectivity index (χ2n) is 7.27. The van der Waals surface area contributed by atoms with Gasteiger partial charge in [-0.1, -0.05) is 12.8 Å². The zero-order valence-electron chi connectivity index (χ0n) is 12.2. The molecule has 1 unspecified atom stereocenters. The summed E-state index contributed by atoms with van der Waals surface area (Å²) in [6.45, 7) is 4.50. The number of halogens is 1. The lowest BCUT2D eigenvalue weighted by Gasteiger charge is -2.35. The molecule has 0 bridgehead atoms. The van der Waals surface area contributed by atoms with Crippen LogP contribution in [0.1, 0.15) is 43.3 Å². The van der Waals surface area contributed by atoms with E-state index in [0.717, 1.165) is 37.0 Å². The average Bonchev–Trinajstić information content (AvgIpc) is 2.89. The maximum Gasteiger partial charge on any atom is 0.123 e. The zero-order valence-corrected chi connectivity index (χ0v) is 14.4. The average molecular weight is 399 g/mol. The fourth-order valence-corrected chi connectivity index (χ4v) is 5.35. The molecule has 0 aromatic carbocycles. The fraction of sp³-hybridized carbons (Fsp3) is 0.812. The fourth-order valence-electron chi connectivity index (χ4n) is 4.80. The van der Waals surface area contributed by atoms with Gasteiger partial charge in [0.2, 0.25) is 0 Å². The van der Waals surface area contributed by atoms with Gasteiger partial charge in [-0.2, -0.15) is 5.10 Å². The highest BCUT2D eigenvalue weighted by Gasteiger charge is 2.58. The van der Waals surface area contributed by atoms with Crippen LogP contribution in [0, 0.1) is 15.5 Å². The highest BCUT2D eigenvalue weighted by molar-refractivity contribution is 14.1. The molecule has 0 spiro atoms. The summed E-state index contributed by atoms with van der Waals surface area (Å²) in [5.41, 5.74) is 1.55. The molecule has 21 heavy (non-hydrogen) atoms. The number of piperidine rings is 1. The molecule has 4 fully saturated rings. The summed E-state index contributed by atoms with van der Waals surface area (Å²) in [6.07, 6.45) is 5.43. The topological polar surface area (TPSA) is 30.3 Å². The number of hydrogen-bond donors (Lipinski definition) is 0. The van der Waals surface area contributed by atoms with Crippen LogP contribution in [0.5, 0.6) is 0 Å². The normalized spacial score (nSPS) is 36.9. The van der Waals surface area contributed by atoms with Gasteiger partial charge in [0, 0.05) is 24.7 Å². The molecule has 1 aromatic heterocycles. The van der Waals surface area contributed by atoms with E-state index in [1.807, 2.05) is 0 Å². The molecule has 2 saturated heterocycles. The summed E-state index contributed by atoms with van der Waals surface area (Å²) in [4.78, 5) is 2.66. The van der Waals surface area contributed by atoms with Crippen molar-refractivity contribution in [3.05, 3.63) is 15.5 Å². The highest BCUT2D eigenvalue weighted by Crippen LogP contribution is 2.59. The first-order valence-electron chi connectivity index (χ1n) is 8.38. The molecule has 5 heteroatoms. The van der Waals surface area contributed by atoms with Crippen molar-refractivity contribution < 1.29 is 4.74 Å². The van der Waals surface area contributed by atoms with Crippen LogP contribution in [-0.2, 0) is 4.74 Å². The molecule has 4 nitrogen and oxygen atoms in total. The summed E-state index contributed by atoms with van der Waals surface area (Å²) in [6, 6.07) is 3.76. The van der Waals surface area contributed by atoms with E-state index in [-0.39, 0.29) is 0 Å². The maximum absolute atomic E-state index is 5.34. The van der Waals surface area contributed by atoms with E-state index in [1.165, 1.54) is 42.5 Å². The third-order valence-electron chi connectivity index (χ3n) is 6.11. The Labute approximate surface area is 139 Å². The predicted octanol–water partition coefficient (Wildman–Crippen LogP) is 2.65. The Morgan fingerprint density at radius 3 is 2.43 bits per heavy atom. The van der Waals surface area contributed by atoms with E-state index in [1.54, 1.807) is 5.69 Å². The number of fused-ring (bicyclic) bond motifs is 1. The summed E-state index contributed by atoms with van der Waals surface area (Å²) in [5, 5.41) is 4.83. The van der Waals surface area contributed by atoms with E-state index < -0.39 is 0 Å². The molecule has 2 aliphatic heterocycles. The Kier molecular flexibility index (Phi) is 3.12. The van der Waals surface area contributed by atoms with Crippen molar-refractivity contribution in [1.82, 2.24) is 14.7 Å². The molecular formula is C16H22IN3O. The van der Waals surface area contributed by atoms with Crippen molar-refractivity contribution in [3.63, 3.8) is 0 Å². The van der Waals surface area contributed by atoms with Crippen LogP contribution in [-0.4, -0.2) is 47.0 Å². The molecule has 2 aliphatic carbocycles. The zero-order chi connectivity index (χ0) is 14.0. The van der Waals surface area contributed by atoms with Gasteiger partial charge in [-0.05, 0) is 53.3 Å². The summed E-state index contributed by atoms with van der Waals surface area (Å²) < 4.78 is 8.94. The molecule has 4 aliphatic rings. The van der Waals surface area contributed by atoms with Crippen LogP contribution in [0.3, 0.4) is 0 Å². The van der Waals surface area contributed by atoms with Crippen LogP contribution in [0.2, 0.25) is 0 Å². The van der Waals surface area contributed by atoms with Gasteiger partial charge in [-0.15, -0.1) is 0 Å². The number of aromatic nitrogens is 2. The van der Waals surface area contributed by atoms with Gasteiger partial charge in [0.25, 0.3) is 0 Å². The van der Waals surface area contributed by atoms with Crippen LogP contribution in [0.4, 0.5) is 0 Å². The Balaban J connectivity index is 1.34. The van der Waals surface area contributed by atoms with E-state index >= 15 is 0 Å². The minimum atomic E-state index is 0.681. The third kappa shape index (κ3) is 2.10. The van der Waals surface area contributed by atoms with E-state index in [2.05, 4.69) is 38.2 Å². The van der Waals surface area contributed by atoms with Gasteiger partial charge in [0.1, 0.15) is 3.70 Å². The van der Waals surface area contributed by atoms with Crippen molar-refractivity contribution >= 4 is 22.6 Å². The lowest BCUT2D eigenvalue weighted by atomic mass is 10.1. The summed E-state index contributed by atoms with van der Waals surface area (Å²) >= 11 is 2.39. The smallest absolute Gasteiger partial charge is 0.123 e. The van der Waals surface area contributed by atoms with Crippen molar-refractivity contribution in [2.45, 2.75) is 43.7 Å². The van der Waals surface area contributed by atoms with Crippen LogP contribution >= 0.6 is 22.6 Å². The molecule has 2 saturated carbocycles. The van der Waals surface area contributed by atoms with Gasteiger partial charge in [0.15, 0.2) is 0 Å². The highest BCUT2D eigenvalue weighted by atomic mass is 127. The van der Waals surface area contributed by atoms with Gasteiger partial charge in [-0.3, -0.25) is 9.58 Å². The lowest BCUT2D eigenvalue weighted by molar-refractivity contribution is -0.0610. The molecular weight excluding hydrogens is 377 g/mol.